The second kappa shape index (κ2) is 5.30. The first-order chi connectivity index (χ1) is 7.75. The Morgan fingerprint density at radius 3 is 2.19 bits per heavy atom. The Balaban J connectivity index is 2.11. The van der Waals surface area contributed by atoms with Crippen molar-refractivity contribution in [3.05, 3.63) is 60.2 Å². The van der Waals surface area contributed by atoms with Gasteiger partial charge in [-0.15, -0.1) is 0 Å². The summed E-state index contributed by atoms with van der Waals surface area (Å²) in [4.78, 5) is 11.7. The van der Waals surface area contributed by atoms with Gasteiger partial charge in [0.05, 0.1) is 0 Å². The van der Waals surface area contributed by atoms with E-state index in [9.17, 15) is 4.79 Å². The first kappa shape index (κ1) is 11.4. The van der Waals surface area contributed by atoms with E-state index in [1.807, 2.05) is 42.5 Å². The topological polar surface area (TPSA) is 26.3 Å². The minimum absolute atomic E-state index is 0.318. The summed E-state index contributed by atoms with van der Waals surface area (Å²) in [6.07, 6.45) is 0. The van der Waals surface area contributed by atoms with Crippen LogP contribution in [0.2, 0.25) is 0 Å². The van der Waals surface area contributed by atoms with Gasteiger partial charge in [-0.2, -0.15) is 0 Å². The molecule has 0 aliphatic rings. The average Bonchev–Trinajstić information content (AvgIpc) is 2.33. The van der Waals surface area contributed by atoms with Crippen LogP contribution in [-0.2, 0) is 0 Å². The Kier molecular flexibility index (Phi) is 3.78. The fourth-order valence-corrected chi connectivity index (χ4v) is 1.68. The molecule has 0 fully saturated rings. The van der Waals surface area contributed by atoms with Crippen molar-refractivity contribution in [3.8, 4) is 5.75 Å². The third kappa shape index (κ3) is 2.95. The van der Waals surface area contributed by atoms with Crippen LogP contribution in [-0.4, -0.2) is 33.9 Å². The van der Waals surface area contributed by atoms with Crippen LogP contribution in [0.1, 0.15) is 10.4 Å². The van der Waals surface area contributed by atoms with Crippen molar-refractivity contribution >= 4 is 36.7 Å². The molecule has 2 aromatic rings. The van der Waals surface area contributed by atoms with E-state index in [1.54, 1.807) is 12.1 Å². The van der Waals surface area contributed by atoms with Crippen molar-refractivity contribution in [2.45, 2.75) is 0 Å². The molecule has 0 N–H and O–H groups in total. The van der Waals surface area contributed by atoms with Crippen molar-refractivity contribution in [3.63, 3.8) is 0 Å². The molecule has 2 nitrogen and oxygen atoms in total. The van der Waals surface area contributed by atoms with Crippen LogP contribution in [0.4, 0.5) is 0 Å². The molecule has 0 bridgehead atoms. The summed E-state index contributed by atoms with van der Waals surface area (Å²) < 4.78 is 6.51. The number of ether oxygens (including phenoxy) is 1. The monoisotopic (exact) mass is 220 g/mol. The van der Waals surface area contributed by atoms with Crippen LogP contribution in [0, 0.1) is 0 Å². The van der Waals surface area contributed by atoms with E-state index in [0.29, 0.717) is 11.3 Å². The van der Waals surface area contributed by atoms with Gasteiger partial charge in [-0.3, -0.25) is 0 Å². The van der Waals surface area contributed by atoms with Gasteiger partial charge in [0.2, 0.25) is 0 Å². The van der Waals surface area contributed by atoms with Crippen LogP contribution < -0.4 is 7.55 Å². The molecule has 0 spiro atoms. The number of hydrogen-bond acceptors (Lipinski definition) is 2. The molecule has 0 atom stereocenters. The van der Waals surface area contributed by atoms with Crippen molar-refractivity contribution < 1.29 is 9.53 Å². The molecule has 0 saturated carbocycles. The third-order valence-corrected chi connectivity index (χ3v) is 2.91. The predicted molar refractivity (Wildman–Crippen MR) is 63.2 cm³/mol. The van der Waals surface area contributed by atoms with Crippen molar-refractivity contribution in [1.82, 2.24) is 0 Å². The van der Waals surface area contributed by atoms with E-state index in [1.165, 1.54) is 2.81 Å². The molecule has 0 heterocycles. The van der Waals surface area contributed by atoms with E-state index in [-0.39, 0.29) is 5.97 Å². The van der Waals surface area contributed by atoms with Crippen LogP contribution in [0.15, 0.2) is 54.6 Å². The quantitative estimate of drug-likeness (QED) is 0.437. The Bertz CT molecular complexity index is 477. The summed E-state index contributed by atoms with van der Waals surface area (Å²) in [5.74, 6) is 0.273. The molecule has 0 radical (unpaired) electrons. The minimum atomic E-state index is -0.318. The Labute approximate surface area is 112 Å². The predicted octanol–water partition coefficient (Wildman–Crippen LogP) is 1.70. The van der Waals surface area contributed by atoms with Crippen LogP contribution in [0.5, 0.6) is 5.75 Å². The zero-order valence-electron chi connectivity index (χ0n) is 9.01. The molecule has 2 rings (SSSR count). The molecule has 3 heteroatoms. The zero-order valence-corrected chi connectivity index (χ0v) is 11.0. The molecule has 0 aliphatic heterocycles. The van der Waals surface area contributed by atoms with Crippen LogP contribution in [0.25, 0.3) is 0 Å². The molecular weight excluding hydrogens is 211 g/mol. The van der Waals surface area contributed by atoms with Gasteiger partial charge < -0.3 is 0 Å². The average molecular weight is 220 g/mol. The fourth-order valence-electron chi connectivity index (χ4n) is 1.35. The second-order valence-electron chi connectivity index (χ2n) is 3.57. The van der Waals surface area contributed by atoms with E-state index in [4.69, 9.17) is 4.74 Å². The summed E-state index contributed by atoms with van der Waals surface area (Å²) in [5.41, 5.74) is 0.567. The molecule has 16 heavy (non-hydrogen) atoms. The van der Waals surface area contributed by atoms with Crippen molar-refractivity contribution in [1.29, 1.82) is 0 Å². The van der Waals surface area contributed by atoms with Crippen LogP contribution in [0.3, 0.4) is 0 Å². The first-order valence-electron chi connectivity index (χ1n) is 5.09. The van der Waals surface area contributed by atoms with E-state index >= 15 is 0 Å². The maximum absolute atomic E-state index is 11.7. The van der Waals surface area contributed by atoms with Gasteiger partial charge in [0.25, 0.3) is 0 Å². The summed E-state index contributed by atoms with van der Waals surface area (Å²) in [5, 5.41) is 0. The number of benzene rings is 2. The van der Waals surface area contributed by atoms with Crippen molar-refractivity contribution in [2.75, 3.05) is 0 Å². The molecule has 0 aliphatic carbocycles. The van der Waals surface area contributed by atoms with Gasteiger partial charge >= 0.3 is 112 Å². The van der Waals surface area contributed by atoms with Gasteiger partial charge in [0.1, 0.15) is 0 Å². The van der Waals surface area contributed by atoms with Gasteiger partial charge in [-0.25, -0.2) is 0 Å². The summed E-state index contributed by atoms with van der Waals surface area (Å²) in [7, 11) is 0. The van der Waals surface area contributed by atoms with E-state index in [2.05, 4.69) is 0 Å². The summed E-state index contributed by atoms with van der Waals surface area (Å²) in [6.45, 7) is 0. The van der Waals surface area contributed by atoms with Crippen LogP contribution >= 0.6 is 0 Å². The molecular formula is C13H9NaO2. The van der Waals surface area contributed by atoms with E-state index < -0.39 is 0 Å². The molecule has 0 aromatic heterocycles. The summed E-state index contributed by atoms with van der Waals surface area (Å²) in [6, 6.07) is 16.6. The molecule has 74 valence electrons. The molecule has 0 saturated heterocycles. The van der Waals surface area contributed by atoms with Gasteiger partial charge in [0.15, 0.2) is 0 Å². The number of esters is 1. The Morgan fingerprint density at radius 2 is 1.56 bits per heavy atom. The molecule has 2 aromatic carbocycles. The normalized spacial score (nSPS) is 9.88. The third-order valence-electron chi connectivity index (χ3n) is 2.24. The first-order valence-corrected chi connectivity index (χ1v) is 6.09. The number of carbonyl (C=O) groups is 1. The molecule has 0 unspecified atom stereocenters. The number of carbonyl (C=O) groups excluding carboxylic acids is 1. The summed E-state index contributed by atoms with van der Waals surface area (Å²) >= 11 is 1.01. The standard InChI is InChI=1S/C13H9O2.Na/c14-13(11-7-3-1-4-8-11)15-12-9-5-2-6-10-12;/h1,3-10H;. The second-order valence-corrected chi connectivity index (χ2v) is 4.72. The number of hydrogen-bond donors (Lipinski definition) is 0. The molecule has 0 amide bonds. The van der Waals surface area contributed by atoms with Gasteiger partial charge in [-0.1, -0.05) is 0 Å². The number of rotatable bonds is 2. The van der Waals surface area contributed by atoms with Crippen molar-refractivity contribution in [2.24, 2.45) is 0 Å². The zero-order chi connectivity index (χ0) is 11.4. The SMILES string of the molecule is O=C(Oc1cc[c]([Na])cc1)c1ccccc1. The van der Waals surface area contributed by atoms with Gasteiger partial charge in [0, 0.05) is 0 Å². The maximum atomic E-state index is 11.7. The van der Waals surface area contributed by atoms with Gasteiger partial charge in [-0.05, 0) is 0 Å². The Hall–Kier alpha value is -1.09. The Morgan fingerprint density at radius 1 is 0.938 bits per heavy atom. The fraction of sp³-hybridized carbons (Fsp3) is 0. The van der Waals surface area contributed by atoms with E-state index in [0.717, 1.165) is 27.9 Å².